The highest BCUT2D eigenvalue weighted by molar-refractivity contribution is 5.69. The number of fused-ring (bicyclic) bond motifs is 2. The van der Waals surface area contributed by atoms with Crippen molar-refractivity contribution in [2.75, 3.05) is 0 Å². The summed E-state index contributed by atoms with van der Waals surface area (Å²) in [7, 11) is 1.77. The van der Waals surface area contributed by atoms with Gasteiger partial charge in [-0.2, -0.15) is 4.98 Å². The average Bonchev–Trinajstić information content (AvgIpc) is 3.16. The fourth-order valence-electron chi connectivity index (χ4n) is 4.35. The summed E-state index contributed by atoms with van der Waals surface area (Å²) in [6.07, 6.45) is 8.14. The van der Waals surface area contributed by atoms with Crippen LogP contribution < -0.4 is 5.56 Å². The number of hydrogen-bond acceptors (Lipinski definition) is 7. The number of rotatable bonds is 4. The molecule has 2 aliphatic carbocycles. The van der Waals surface area contributed by atoms with Crippen LogP contribution in [0.25, 0.3) is 16.7 Å². The number of aryl methyl sites for hydroxylation is 1. The van der Waals surface area contributed by atoms with Gasteiger partial charge in [0.05, 0.1) is 12.0 Å². The fourth-order valence-corrected chi connectivity index (χ4v) is 4.35. The van der Waals surface area contributed by atoms with Crippen LogP contribution in [0.2, 0.25) is 0 Å². The Balaban J connectivity index is 1.22. The number of hydrogen-bond donors (Lipinski definition) is 0. The number of nitrogens with zero attached hydrogens (tertiary/aromatic N) is 7. The zero-order chi connectivity index (χ0) is 19.5. The minimum Gasteiger partial charge on any atom is -0.337 e. The summed E-state index contributed by atoms with van der Waals surface area (Å²) in [6.45, 7) is 0.191. The highest BCUT2D eigenvalue weighted by Crippen LogP contribution is 2.62. The van der Waals surface area contributed by atoms with Crippen LogP contribution in [-0.2, 0) is 13.6 Å². The van der Waals surface area contributed by atoms with Gasteiger partial charge in [0.15, 0.2) is 17.0 Å². The predicted octanol–water partition coefficient (Wildman–Crippen LogP) is 1.77. The number of imidazole rings is 1. The van der Waals surface area contributed by atoms with E-state index in [0.29, 0.717) is 34.7 Å². The Morgan fingerprint density at radius 2 is 2.10 bits per heavy atom. The molecule has 4 aromatic rings. The van der Waals surface area contributed by atoms with E-state index in [1.165, 1.54) is 16.5 Å². The zero-order valence-corrected chi connectivity index (χ0v) is 15.6. The summed E-state index contributed by atoms with van der Waals surface area (Å²) in [5.74, 6) is 2.35. The quantitative estimate of drug-likeness (QED) is 0.525. The molecule has 0 radical (unpaired) electrons. The van der Waals surface area contributed by atoms with Gasteiger partial charge in [-0.15, -0.1) is 0 Å². The van der Waals surface area contributed by atoms with E-state index in [1.54, 1.807) is 17.9 Å². The van der Waals surface area contributed by atoms with Crippen molar-refractivity contribution < 1.29 is 4.52 Å². The van der Waals surface area contributed by atoms with Crippen LogP contribution in [0.4, 0.5) is 0 Å². The Kier molecular flexibility index (Phi) is 3.35. The van der Waals surface area contributed by atoms with Gasteiger partial charge >= 0.3 is 0 Å². The van der Waals surface area contributed by atoms with Gasteiger partial charge < -0.3 is 9.09 Å². The molecule has 0 spiro atoms. The molecule has 1 fully saturated rings. The summed E-state index contributed by atoms with van der Waals surface area (Å²) in [4.78, 5) is 30.0. The van der Waals surface area contributed by atoms with E-state index in [0.717, 1.165) is 12.1 Å². The Morgan fingerprint density at radius 1 is 1.21 bits per heavy atom. The summed E-state index contributed by atoms with van der Waals surface area (Å²) < 4.78 is 8.55. The van der Waals surface area contributed by atoms with E-state index in [4.69, 9.17) is 4.52 Å². The van der Waals surface area contributed by atoms with Crippen LogP contribution in [-0.4, -0.2) is 34.2 Å². The Bertz CT molecular complexity index is 1320. The number of pyridine rings is 1. The summed E-state index contributed by atoms with van der Waals surface area (Å²) >= 11 is 0. The summed E-state index contributed by atoms with van der Waals surface area (Å²) in [6, 6.07) is 5.98. The second-order valence-electron chi connectivity index (χ2n) is 7.63. The minimum absolute atomic E-state index is 0.180. The zero-order valence-electron chi connectivity index (χ0n) is 15.6. The van der Waals surface area contributed by atoms with E-state index in [-0.39, 0.29) is 18.0 Å². The maximum Gasteiger partial charge on any atom is 0.280 e. The molecular formula is C20H17N7O2. The highest BCUT2D eigenvalue weighted by Gasteiger charge is 2.55. The van der Waals surface area contributed by atoms with Gasteiger partial charge in [0.1, 0.15) is 12.9 Å². The lowest BCUT2D eigenvalue weighted by molar-refractivity contribution is 0.364. The van der Waals surface area contributed by atoms with Crippen LogP contribution in [0, 0.1) is 11.8 Å². The molecule has 0 amide bonds. The van der Waals surface area contributed by atoms with Crippen LogP contribution in [0.3, 0.4) is 0 Å². The van der Waals surface area contributed by atoms with Crippen molar-refractivity contribution in [1.29, 1.82) is 0 Å². The van der Waals surface area contributed by atoms with Crippen LogP contribution in [0.5, 0.6) is 0 Å². The van der Waals surface area contributed by atoms with E-state index in [2.05, 4.69) is 31.2 Å². The molecule has 0 N–H and O–H groups in total. The molecule has 0 aliphatic heterocycles. The van der Waals surface area contributed by atoms with Gasteiger partial charge in [-0.05, 0) is 36.0 Å². The van der Waals surface area contributed by atoms with Crippen molar-refractivity contribution in [3.05, 3.63) is 70.9 Å². The van der Waals surface area contributed by atoms with Gasteiger partial charge in [-0.1, -0.05) is 17.3 Å². The fraction of sp³-hybridized carbons (Fsp3) is 0.300. The lowest BCUT2D eigenvalue weighted by atomic mass is 10.1. The third-order valence-electron chi connectivity index (χ3n) is 5.86. The molecule has 9 nitrogen and oxygen atoms in total. The third kappa shape index (κ3) is 2.54. The molecular weight excluding hydrogens is 370 g/mol. The third-order valence-corrected chi connectivity index (χ3v) is 5.86. The molecule has 0 aromatic carbocycles. The first-order chi connectivity index (χ1) is 14.2. The van der Waals surface area contributed by atoms with Crippen molar-refractivity contribution in [3.8, 4) is 0 Å². The minimum atomic E-state index is -0.180. The first-order valence-corrected chi connectivity index (χ1v) is 9.50. The van der Waals surface area contributed by atoms with Crippen molar-refractivity contribution in [2.24, 2.45) is 18.9 Å². The van der Waals surface area contributed by atoms with E-state index >= 15 is 0 Å². The summed E-state index contributed by atoms with van der Waals surface area (Å²) in [5, 5.41) is 4.17. The van der Waals surface area contributed by atoms with E-state index in [9.17, 15) is 4.79 Å². The molecule has 0 unspecified atom stereocenters. The van der Waals surface area contributed by atoms with Crippen molar-refractivity contribution >= 4 is 16.7 Å². The van der Waals surface area contributed by atoms with E-state index in [1.807, 2.05) is 24.4 Å². The van der Waals surface area contributed by atoms with E-state index < -0.39 is 0 Å². The highest BCUT2D eigenvalue weighted by atomic mass is 16.5. The lowest BCUT2D eigenvalue weighted by Gasteiger charge is -2.03. The normalized spacial score (nSPS) is 22.7. The molecule has 1 saturated carbocycles. The van der Waals surface area contributed by atoms with Crippen LogP contribution in [0.15, 0.2) is 52.4 Å². The van der Waals surface area contributed by atoms with Gasteiger partial charge in [-0.3, -0.25) is 14.3 Å². The number of allylic oxidation sites excluding steroid dienone is 2. The second-order valence-corrected chi connectivity index (χ2v) is 7.63. The first kappa shape index (κ1) is 16.3. The second kappa shape index (κ2) is 5.94. The maximum absolute atomic E-state index is 12.7. The molecule has 0 saturated heterocycles. The Hall–Kier alpha value is -3.62. The molecule has 9 heteroatoms. The monoisotopic (exact) mass is 387 g/mol. The number of aromatic nitrogens is 7. The Labute approximate surface area is 164 Å². The molecule has 0 bridgehead atoms. The summed E-state index contributed by atoms with van der Waals surface area (Å²) in [5.41, 5.74) is 3.05. The van der Waals surface area contributed by atoms with Gasteiger partial charge in [0.2, 0.25) is 5.89 Å². The lowest BCUT2D eigenvalue weighted by Crippen LogP contribution is -2.22. The van der Waals surface area contributed by atoms with Crippen molar-refractivity contribution in [2.45, 2.75) is 18.9 Å². The van der Waals surface area contributed by atoms with Gasteiger partial charge in [-0.25, -0.2) is 9.97 Å². The smallest absolute Gasteiger partial charge is 0.280 e. The predicted molar refractivity (Wildman–Crippen MR) is 103 cm³/mol. The standard InChI is InChI=1S/C20H17N7O2/c1-26-9-22-19-17(26)20(28)27(10-23-19)8-15-24-18(25-29-15)16-12-6-11(7-13(12)16)14-4-2-3-5-21-14/h2-6,9-10,12-13,16H,7-8H2,1H3/t12-,13+,16+/m1/s1. The molecule has 144 valence electrons. The van der Waals surface area contributed by atoms with Crippen LogP contribution in [0.1, 0.15) is 29.7 Å². The molecule has 3 atom stereocenters. The molecule has 29 heavy (non-hydrogen) atoms. The maximum atomic E-state index is 12.7. The van der Waals surface area contributed by atoms with Crippen molar-refractivity contribution in [1.82, 2.24) is 34.2 Å². The van der Waals surface area contributed by atoms with Crippen LogP contribution >= 0.6 is 0 Å². The first-order valence-electron chi connectivity index (χ1n) is 9.50. The topological polar surface area (TPSA) is 105 Å². The van der Waals surface area contributed by atoms with Gasteiger partial charge in [0, 0.05) is 19.2 Å². The Morgan fingerprint density at radius 3 is 2.90 bits per heavy atom. The average molecular weight is 387 g/mol. The largest absolute Gasteiger partial charge is 0.337 e. The molecule has 4 heterocycles. The SMILES string of the molecule is Cn1cnc2ncn(Cc3nc([C@H]4[C@@H]5C=C(c6ccccn6)C[C@@H]54)no3)c(=O)c21. The molecule has 4 aromatic heterocycles. The molecule has 6 rings (SSSR count). The molecule has 2 aliphatic rings. The van der Waals surface area contributed by atoms with Gasteiger partial charge in [0.25, 0.3) is 5.56 Å². The van der Waals surface area contributed by atoms with Crippen molar-refractivity contribution in [3.63, 3.8) is 0 Å².